The van der Waals surface area contributed by atoms with Crippen LogP contribution in [0.15, 0.2) is 18.2 Å². The normalized spacial score (nSPS) is 17.9. The van der Waals surface area contributed by atoms with Crippen molar-refractivity contribution in [3.8, 4) is 5.75 Å². The topological polar surface area (TPSA) is 92.9 Å². The van der Waals surface area contributed by atoms with E-state index in [9.17, 15) is 14.7 Å². The lowest BCUT2D eigenvalue weighted by Crippen LogP contribution is -2.43. The molecule has 0 spiro atoms. The Bertz CT molecular complexity index is 565. The minimum Gasteiger partial charge on any atom is -0.497 e. The van der Waals surface area contributed by atoms with Crippen LogP contribution >= 0.6 is 0 Å². The Morgan fingerprint density at radius 1 is 1.36 bits per heavy atom. The number of carbonyl (C=O) groups excluding carboxylic acids is 1. The van der Waals surface area contributed by atoms with E-state index in [-0.39, 0.29) is 11.8 Å². The Morgan fingerprint density at radius 3 is 2.45 bits per heavy atom. The number of piperidine rings is 1. The fourth-order valence-corrected chi connectivity index (χ4v) is 3.01. The SMILES string of the molecule is COc1ccc(C(C(=O)O)N2CCC(C(N)=O)CC2)c(C)c1. The molecule has 0 bridgehead atoms. The molecule has 1 saturated heterocycles. The van der Waals surface area contributed by atoms with Gasteiger partial charge in [-0.15, -0.1) is 0 Å². The van der Waals surface area contributed by atoms with Crippen molar-refractivity contribution < 1.29 is 19.4 Å². The van der Waals surface area contributed by atoms with Crippen molar-refractivity contribution >= 4 is 11.9 Å². The molecule has 0 aromatic heterocycles. The first-order valence-corrected chi connectivity index (χ1v) is 7.34. The predicted molar refractivity (Wildman–Crippen MR) is 81.6 cm³/mol. The summed E-state index contributed by atoms with van der Waals surface area (Å²) in [6.07, 6.45) is 1.21. The molecule has 1 heterocycles. The quantitative estimate of drug-likeness (QED) is 0.856. The minimum atomic E-state index is -0.884. The van der Waals surface area contributed by atoms with Crippen molar-refractivity contribution in [1.29, 1.82) is 0 Å². The monoisotopic (exact) mass is 306 g/mol. The zero-order valence-electron chi connectivity index (χ0n) is 12.9. The number of carboxylic acid groups (broad SMARTS) is 1. The van der Waals surface area contributed by atoms with Crippen LogP contribution in [0, 0.1) is 12.8 Å². The summed E-state index contributed by atoms with van der Waals surface area (Å²) in [6.45, 7) is 2.98. The van der Waals surface area contributed by atoms with Crippen LogP contribution in [0.4, 0.5) is 0 Å². The first-order valence-electron chi connectivity index (χ1n) is 7.34. The average Bonchev–Trinajstić information content (AvgIpc) is 2.49. The molecule has 1 aromatic carbocycles. The number of hydrogen-bond acceptors (Lipinski definition) is 4. The molecule has 2 rings (SSSR count). The molecule has 1 aliphatic heterocycles. The lowest BCUT2D eigenvalue weighted by Gasteiger charge is -2.35. The van der Waals surface area contributed by atoms with Crippen LogP contribution in [0.1, 0.15) is 30.0 Å². The first-order chi connectivity index (χ1) is 10.4. The zero-order chi connectivity index (χ0) is 16.3. The highest BCUT2D eigenvalue weighted by Crippen LogP contribution is 2.30. The van der Waals surface area contributed by atoms with E-state index in [4.69, 9.17) is 10.5 Å². The smallest absolute Gasteiger partial charge is 0.325 e. The Balaban J connectivity index is 2.21. The second-order valence-corrected chi connectivity index (χ2v) is 5.68. The van der Waals surface area contributed by atoms with Crippen LogP contribution in [0.3, 0.4) is 0 Å². The van der Waals surface area contributed by atoms with Crippen molar-refractivity contribution in [2.75, 3.05) is 20.2 Å². The van der Waals surface area contributed by atoms with Gasteiger partial charge in [0.1, 0.15) is 11.8 Å². The molecule has 1 atom stereocenters. The van der Waals surface area contributed by atoms with Crippen LogP contribution in [0.5, 0.6) is 5.75 Å². The van der Waals surface area contributed by atoms with E-state index in [0.29, 0.717) is 31.7 Å². The highest BCUT2D eigenvalue weighted by atomic mass is 16.5. The van der Waals surface area contributed by atoms with Crippen molar-refractivity contribution in [2.45, 2.75) is 25.8 Å². The van der Waals surface area contributed by atoms with E-state index < -0.39 is 12.0 Å². The molecule has 6 heteroatoms. The maximum atomic E-state index is 11.8. The summed E-state index contributed by atoms with van der Waals surface area (Å²) in [4.78, 5) is 24.9. The molecule has 1 aromatic rings. The number of primary amides is 1. The summed E-state index contributed by atoms with van der Waals surface area (Å²) in [6, 6.07) is 4.70. The van der Waals surface area contributed by atoms with Gasteiger partial charge in [0.25, 0.3) is 0 Å². The van der Waals surface area contributed by atoms with Gasteiger partial charge in [-0.2, -0.15) is 0 Å². The lowest BCUT2D eigenvalue weighted by molar-refractivity contribution is -0.144. The second kappa shape index (κ2) is 6.79. The maximum absolute atomic E-state index is 11.8. The number of ether oxygens (including phenoxy) is 1. The molecule has 1 aliphatic rings. The van der Waals surface area contributed by atoms with Gasteiger partial charge in [-0.25, -0.2) is 0 Å². The van der Waals surface area contributed by atoms with Gasteiger partial charge < -0.3 is 15.6 Å². The van der Waals surface area contributed by atoms with Gasteiger partial charge in [0, 0.05) is 19.0 Å². The Labute approximate surface area is 129 Å². The Morgan fingerprint density at radius 2 is 2.00 bits per heavy atom. The standard InChI is InChI=1S/C16H22N2O4/c1-10-9-12(22-2)3-4-13(10)14(16(20)21)18-7-5-11(6-8-18)15(17)19/h3-4,9,11,14H,5-8H2,1-2H3,(H2,17,19)(H,20,21). The van der Waals surface area contributed by atoms with Gasteiger partial charge in [-0.1, -0.05) is 6.07 Å². The van der Waals surface area contributed by atoms with Crippen LogP contribution in [-0.2, 0) is 9.59 Å². The number of methoxy groups -OCH3 is 1. The Hall–Kier alpha value is -2.08. The summed E-state index contributed by atoms with van der Waals surface area (Å²) in [5.74, 6) is -0.626. The number of amides is 1. The third kappa shape index (κ3) is 3.39. The number of aliphatic carboxylic acids is 1. The van der Waals surface area contributed by atoms with E-state index in [1.54, 1.807) is 19.2 Å². The molecule has 120 valence electrons. The minimum absolute atomic E-state index is 0.150. The molecule has 22 heavy (non-hydrogen) atoms. The fourth-order valence-electron chi connectivity index (χ4n) is 3.01. The number of carbonyl (C=O) groups is 2. The third-order valence-electron chi connectivity index (χ3n) is 4.30. The molecule has 0 saturated carbocycles. The average molecular weight is 306 g/mol. The van der Waals surface area contributed by atoms with Gasteiger partial charge >= 0.3 is 5.97 Å². The third-order valence-corrected chi connectivity index (χ3v) is 4.30. The largest absolute Gasteiger partial charge is 0.497 e. The summed E-state index contributed by atoms with van der Waals surface area (Å²) in [5.41, 5.74) is 6.96. The van der Waals surface area contributed by atoms with E-state index >= 15 is 0 Å². The Kier molecular flexibility index (Phi) is 5.03. The number of likely N-dealkylation sites (tertiary alicyclic amines) is 1. The number of hydrogen-bond donors (Lipinski definition) is 2. The van der Waals surface area contributed by atoms with E-state index in [2.05, 4.69) is 0 Å². The first kappa shape index (κ1) is 16.3. The van der Waals surface area contributed by atoms with Crippen molar-refractivity contribution in [1.82, 2.24) is 4.90 Å². The molecule has 1 amide bonds. The van der Waals surface area contributed by atoms with E-state index in [1.165, 1.54) is 0 Å². The van der Waals surface area contributed by atoms with Gasteiger partial charge in [-0.3, -0.25) is 14.5 Å². The number of aryl methyl sites for hydroxylation is 1. The fraction of sp³-hybridized carbons (Fsp3) is 0.500. The van der Waals surface area contributed by atoms with Gasteiger partial charge in [0.05, 0.1) is 7.11 Å². The summed E-state index contributed by atoms with van der Waals surface area (Å²) in [7, 11) is 1.58. The lowest BCUT2D eigenvalue weighted by atomic mass is 9.92. The molecule has 3 N–H and O–H groups in total. The van der Waals surface area contributed by atoms with Crippen LogP contribution in [-0.4, -0.2) is 42.1 Å². The van der Waals surface area contributed by atoms with Gasteiger partial charge in [-0.05, 0) is 43.0 Å². The summed E-state index contributed by atoms with van der Waals surface area (Å²) < 4.78 is 5.16. The van der Waals surface area contributed by atoms with Crippen LogP contribution < -0.4 is 10.5 Å². The van der Waals surface area contributed by atoms with Crippen molar-refractivity contribution in [3.05, 3.63) is 29.3 Å². The molecule has 0 radical (unpaired) electrons. The number of carboxylic acids is 1. The van der Waals surface area contributed by atoms with Gasteiger partial charge in [0.15, 0.2) is 0 Å². The van der Waals surface area contributed by atoms with Crippen molar-refractivity contribution in [2.24, 2.45) is 11.7 Å². The highest BCUT2D eigenvalue weighted by Gasteiger charge is 2.33. The van der Waals surface area contributed by atoms with E-state index in [1.807, 2.05) is 17.9 Å². The molecule has 6 nitrogen and oxygen atoms in total. The summed E-state index contributed by atoms with van der Waals surface area (Å²) >= 11 is 0. The van der Waals surface area contributed by atoms with E-state index in [0.717, 1.165) is 11.1 Å². The second-order valence-electron chi connectivity index (χ2n) is 5.68. The number of rotatable bonds is 5. The summed E-state index contributed by atoms with van der Waals surface area (Å²) in [5, 5.41) is 9.64. The number of nitrogens with zero attached hydrogens (tertiary/aromatic N) is 1. The molecule has 1 unspecified atom stereocenters. The predicted octanol–water partition coefficient (Wildman–Crippen LogP) is 1.33. The molecule has 0 aliphatic carbocycles. The maximum Gasteiger partial charge on any atom is 0.325 e. The molecular formula is C16H22N2O4. The van der Waals surface area contributed by atoms with Gasteiger partial charge in [0.2, 0.25) is 5.91 Å². The highest BCUT2D eigenvalue weighted by molar-refractivity contribution is 5.77. The van der Waals surface area contributed by atoms with Crippen LogP contribution in [0.2, 0.25) is 0 Å². The number of benzene rings is 1. The zero-order valence-corrected chi connectivity index (χ0v) is 12.9. The molecule has 1 fully saturated rings. The molecular weight excluding hydrogens is 284 g/mol. The number of nitrogens with two attached hydrogens (primary N) is 1. The van der Waals surface area contributed by atoms with Crippen LogP contribution in [0.25, 0.3) is 0 Å². The van der Waals surface area contributed by atoms with Crippen molar-refractivity contribution in [3.63, 3.8) is 0 Å².